The van der Waals surface area contributed by atoms with Gasteiger partial charge in [0.25, 0.3) is 11.8 Å². The zero-order valence-electron chi connectivity index (χ0n) is 21.3. The maximum Gasteiger partial charge on any atom is 0.336 e. The number of imide groups is 2. The highest BCUT2D eigenvalue weighted by Crippen LogP contribution is 2.35. The molecule has 39 heavy (non-hydrogen) atoms. The number of carbonyl (C=O) groups is 4. The summed E-state index contributed by atoms with van der Waals surface area (Å²) in [5, 5.41) is 11.3. The highest BCUT2D eigenvalue weighted by molar-refractivity contribution is 6.39. The molecule has 3 aromatic rings. The fourth-order valence-corrected chi connectivity index (χ4v) is 3.87. The van der Waals surface area contributed by atoms with Gasteiger partial charge < -0.3 is 19.3 Å². The minimum absolute atomic E-state index is 0.118. The van der Waals surface area contributed by atoms with Gasteiger partial charge in [-0.1, -0.05) is 30.3 Å². The van der Waals surface area contributed by atoms with Crippen molar-refractivity contribution in [1.29, 1.82) is 0 Å². The lowest BCUT2D eigenvalue weighted by molar-refractivity contribution is -0.122. The van der Waals surface area contributed by atoms with Crippen molar-refractivity contribution in [2.24, 2.45) is 0 Å². The summed E-state index contributed by atoms with van der Waals surface area (Å²) >= 11 is 0. The smallest absolute Gasteiger partial charge is 0.336 e. The molecule has 0 radical (unpaired) electrons. The standard InChI is InChI=1S/C29H26N2O8/c1-3-37-21-13-14-25(38-4-2)23(16-21)31-27(33)22(26(32)30-29(31)36)15-20-7-5-6-8-24(20)39-17-18-9-11-19(12-10-18)28(34)35/h5-16H,3-4,17H2,1-2H3,(H,34,35)(H,30,32,36)/b22-15+. The van der Waals surface area contributed by atoms with E-state index in [1.807, 2.05) is 0 Å². The summed E-state index contributed by atoms with van der Waals surface area (Å²) < 4.78 is 17.1. The van der Waals surface area contributed by atoms with E-state index in [-0.39, 0.29) is 35.8 Å². The molecule has 1 aliphatic heterocycles. The Hall–Kier alpha value is -5.12. The fourth-order valence-electron chi connectivity index (χ4n) is 3.87. The molecular formula is C29H26N2O8. The van der Waals surface area contributed by atoms with Crippen molar-refractivity contribution in [1.82, 2.24) is 5.32 Å². The third-order valence-corrected chi connectivity index (χ3v) is 5.70. The number of rotatable bonds is 10. The number of amides is 4. The van der Waals surface area contributed by atoms with E-state index >= 15 is 0 Å². The molecule has 0 unspecified atom stereocenters. The molecule has 1 heterocycles. The van der Waals surface area contributed by atoms with Gasteiger partial charge in [0.1, 0.15) is 29.4 Å². The molecule has 0 atom stereocenters. The number of carboxylic acid groups (broad SMARTS) is 1. The number of aromatic carboxylic acids is 1. The van der Waals surface area contributed by atoms with Gasteiger partial charge in [-0.15, -0.1) is 0 Å². The van der Waals surface area contributed by atoms with E-state index < -0.39 is 23.8 Å². The van der Waals surface area contributed by atoms with Crippen LogP contribution < -0.4 is 24.4 Å². The summed E-state index contributed by atoms with van der Waals surface area (Å²) in [6.07, 6.45) is 1.35. The second-order valence-electron chi connectivity index (χ2n) is 8.28. The third-order valence-electron chi connectivity index (χ3n) is 5.70. The van der Waals surface area contributed by atoms with Crippen LogP contribution in [0.1, 0.15) is 35.3 Å². The molecule has 0 bridgehead atoms. The van der Waals surface area contributed by atoms with Crippen LogP contribution >= 0.6 is 0 Å². The summed E-state index contributed by atoms with van der Waals surface area (Å²) in [5.41, 5.74) is 1.17. The number of para-hydroxylation sites is 1. The van der Waals surface area contributed by atoms with Crippen LogP contribution in [0.3, 0.4) is 0 Å². The number of benzene rings is 3. The zero-order chi connectivity index (χ0) is 27.9. The van der Waals surface area contributed by atoms with Crippen molar-refractivity contribution in [2.75, 3.05) is 18.1 Å². The van der Waals surface area contributed by atoms with Crippen LogP contribution in [0.25, 0.3) is 6.08 Å². The van der Waals surface area contributed by atoms with E-state index in [1.54, 1.807) is 62.4 Å². The van der Waals surface area contributed by atoms with Crippen LogP contribution in [0.4, 0.5) is 10.5 Å². The van der Waals surface area contributed by atoms with E-state index in [9.17, 15) is 19.2 Å². The van der Waals surface area contributed by atoms with Crippen molar-refractivity contribution >= 4 is 35.6 Å². The Morgan fingerprint density at radius 2 is 1.62 bits per heavy atom. The number of ether oxygens (including phenoxy) is 3. The van der Waals surface area contributed by atoms with Crippen LogP contribution in [0.15, 0.2) is 72.3 Å². The lowest BCUT2D eigenvalue weighted by Crippen LogP contribution is -2.54. The summed E-state index contributed by atoms with van der Waals surface area (Å²) in [4.78, 5) is 51.0. The van der Waals surface area contributed by atoms with Gasteiger partial charge in [-0.05, 0) is 55.8 Å². The van der Waals surface area contributed by atoms with Gasteiger partial charge in [0.15, 0.2) is 0 Å². The zero-order valence-corrected chi connectivity index (χ0v) is 21.3. The van der Waals surface area contributed by atoms with Gasteiger partial charge in [0, 0.05) is 11.6 Å². The molecule has 4 amide bonds. The molecule has 0 aromatic heterocycles. The molecular weight excluding hydrogens is 504 g/mol. The first-order valence-corrected chi connectivity index (χ1v) is 12.2. The second kappa shape index (κ2) is 12.0. The molecule has 4 rings (SSSR count). The highest BCUT2D eigenvalue weighted by atomic mass is 16.5. The topological polar surface area (TPSA) is 131 Å². The lowest BCUT2D eigenvalue weighted by atomic mass is 10.1. The normalized spacial score (nSPS) is 14.3. The Kier molecular flexibility index (Phi) is 8.25. The number of anilines is 1. The Morgan fingerprint density at radius 3 is 2.31 bits per heavy atom. The van der Waals surface area contributed by atoms with Gasteiger partial charge in [-0.2, -0.15) is 0 Å². The van der Waals surface area contributed by atoms with Crippen molar-refractivity contribution < 1.29 is 38.5 Å². The quantitative estimate of drug-likeness (QED) is 0.291. The number of urea groups is 1. The number of nitrogens with zero attached hydrogens (tertiary/aromatic N) is 1. The number of hydrogen-bond acceptors (Lipinski definition) is 7. The number of barbiturate groups is 1. The minimum Gasteiger partial charge on any atom is -0.494 e. The molecule has 1 fully saturated rings. The summed E-state index contributed by atoms with van der Waals surface area (Å²) in [6.45, 7) is 4.35. The Bertz CT molecular complexity index is 1450. The van der Waals surface area contributed by atoms with Crippen molar-refractivity contribution in [3.63, 3.8) is 0 Å². The molecule has 0 saturated carbocycles. The van der Waals surface area contributed by atoms with E-state index in [2.05, 4.69) is 5.32 Å². The number of nitrogens with one attached hydrogen (secondary N) is 1. The van der Waals surface area contributed by atoms with E-state index in [0.29, 0.717) is 23.7 Å². The van der Waals surface area contributed by atoms with E-state index in [1.165, 1.54) is 24.3 Å². The van der Waals surface area contributed by atoms with Crippen LogP contribution in [0, 0.1) is 0 Å². The molecule has 10 nitrogen and oxygen atoms in total. The van der Waals surface area contributed by atoms with Crippen molar-refractivity contribution in [3.05, 3.63) is 89.0 Å². The maximum atomic E-state index is 13.5. The van der Waals surface area contributed by atoms with Crippen LogP contribution in [-0.4, -0.2) is 42.1 Å². The molecule has 0 spiro atoms. The van der Waals surface area contributed by atoms with Crippen LogP contribution in [0.2, 0.25) is 0 Å². The molecule has 10 heteroatoms. The fraction of sp³-hybridized carbons (Fsp3) is 0.172. The van der Waals surface area contributed by atoms with E-state index in [0.717, 1.165) is 10.5 Å². The van der Waals surface area contributed by atoms with Gasteiger partial charge in [-0.3, -0.25) is 14.9 Å². The minimum atomic E-state index is -1.03. The average Bonchev–Trinajstić information content (AvgIpc) is 2.92. The van der Waals surface area contributed by atoms with Gasteiger partial charge in [-0.25, -0.2) is 14.5 Å². The van der Waals surface area contributed by atoms with Crippen molar-refractivity contribution in [3.8, 4) is 17.2 Å². The predicted octanol–water partition coefficient (Wildman–Crippen LogP) is 4.43. The summed E-state index contributed by atoms with van der Waals surface area (Å²) in [5.74, 6) is -1.63. The molecule has 1 saturated heterocycles. The maximum absolute atomic E-state index is 13.5. The predicted molar refractivity (Wildman–Crippen MR) is 142 cm³/mol. The molecule has 3 aromatic carbocycles. The summed E-state index contributed by atoms with van der Waals surface area (Å²) in [6, 6.07) is 16.9. The van der Waals surface area contributed by atoms with Crippen LogP contribution in [-0.2, 0) is 16.2 Å². The van der Waals surface area contributed by atoms with Crippen molar-refractivity contribution in [2.45, 2.75) is 20.5 Å². The lowest BCUT2D eigenvalue weighted by Gasteiger charge is -2.28. The monoisotopic (exact) mass is 530 g/mol. The second-order valence-corrected chi connectivity index (χ2v) is 8.28. The van der Waals surface area contributed by atoms with Gasteiger partial charge in [0.2, 0.25) is 0 Å². The van der Waals surface area contributed by atoms with E-state index in [4.69, 9.17) is 19.3 Å². The molecule has 200 valence electrons. The average molecular weight is 531 g/mol. The first kappa shape index (κ1) is 26.9. The highest BCUT2D eigenvalue weighted by Gasteiger charge is 2.38. The largest absolute Gasteiger partial charge is 0.494 e. The number of carboxylic acids is 1. The third kappa shape index (κ3) is 6.07. The summed E-state index contributed by atoms with van der Waals surface area (Å²) in [7, 11) is 0. The Labute approximate surface area is 224 Å². The van der Waals surface area contributed by atoms with Gasteiger partial charge >= 0.3 is 12.0 Å². The first-order valence-electron chi connectivity index (χ1n) is 12.2. The Balaban J connectivity index is 1.65. The SMILES string of the molecule is CCOc1ccc(OCC)c(N2C(=O)NC(=O)/C(=C\c3ccccc3OCc3ccc(C(=O)O)cc3)C2=O)c1. The Morgan fingerprint density at radius 1 is 0.897 bits per heavy atom. The van der Waals surface area contributed by atoms with Crippen LogP contribution in [0.5, 0.6) is 17.2 Å². The number of carbonyl (C=O) groups excluding carboxylic acids is 3. The molecule has 2 N–H and O–H groups in total. The van der Waals surface area contributed by atoms with Gasteiger partial charge in [0.05, 0.1) is 24.5 Å². The molecule has 1 aliphatic rings. The molecule has 0 aliphatic carbocycles. The first-order chi connectivity index (χ1) is 18.8. The number of hydrogen-bond donors (Lipinski definition) is 2.